The quantitative estimate of drug-likeness (QED) is 0.503. The number of amides is 1. The number of hydrogen-bond acceptors (Lipinski definition) is 8. The summed E-state index contributed by atoms with van der Waals surface area (Å²) < 4.78 is 10.8. The van der Waals surface area contributed by atoms with Crippen LogP contribution in [0.1, 0.15) is 67.9 Å². The van der Waals surface area contributed by atoms with E-state index in [9.17, 15) is 14.4 Å². The predicted molar refractivity (Wildman–Crippen MR) is 131 cm³/mol. The molecular weight excluding hydrogens is 454 g/mol. The van der Waals surface area contributed by atoms with E-state index in [0.717, 1.165) is 30.0 Å². The van der Waals surface area contributed by atoms with Crippen molar-refractivity contribution >= 4 is 34.2 Å². The Morgan fingerprint density at radius 1 is 1.06 bits per heavy atom. The molecule has 3 heterocycles. The molecule has 184 valence electrons. The van der Waals surface area contributed by atoms with E-state index in [1.54, 1.807) is 53.9 Å². The second-order valence-corrected chi connectivity index (χ2v) is 11.4. The van der Waals surface area contributed by atoms with Gasteiger partial charge in [0, 0.05) is 36.9 Å². The van der Waals surface area contributed by atoms with Gasteiger partial charge in [-0.2, -0.15) is 0 Å². The number of thiophene rings is 1. The Balaban J connectivity index is 1.81. The van der Waals surface area contributed by atoms with Gasteiger partial charge in [0.05, 0.1) is 5.56 Å². The number of ether oxygens (including phenoxy) is 2. The van der Waals surface area contributed by atoms with Crippen molar-refractivity contribution < 1.29 is 23.9 Å². The average molecular weight is 488 g/mol. The van der Waals surface area contributed by atoms with Gasteiger partial charge in [-0.05, 0) is 77.6 Å². The minimum atomic E-state index is -0.993. The fraction of sp³-hybridized carbons (Fsp3) is 0.520. The molecule has 1 amide bonds. The molecule has 0 radical (unpaired) electrons. The molecule has 0 fully saturated rings. The van der Waals surface area contributed by atoms with E-state index in [2.05, 4.69) is 15.2 Å². The number of nitrogens with zero attached hydrogens (tertiary/aromatic N) is 2. The molecule has 3 rings (SSSR count). The van der Waals surface area contributed by atoms with Gasteiger partial charge in [0.25, 0.3) is 0 Å². The second kappa shape index (κ2) is 10.2. The van der Waals surface area contributed by atoms with Gasteiger partial charge in [-0.25, -0.2) is 9.59 Å². The zero-order valence-electron chi connectivity index (χ0n) is 20.7. The molecule has 2 aromatic rings. The predicted octanol–water partition coefficient (Wildman–Crippen LogP) is 3.98. The standard InChI is InChI=1S/C25H33N3O5S/c1-24(2,3)32-22(30)19-17-10-14-28(13-9-16-7-11-26-12-8-16)15-18(17)34-21(19)27-20(29)23(31)33-25(4,5)6/h7-8,11-12H,9-10,13-15H2,1-6H3,(H,27,29). The minimum absolute atomic E-state index is 0.325. The summed E-state index contributed by atoms with van der Waals surface area (Å²) in [4.78, 5) is 45.2. The molecule has 0 atom stereocenters. The molecule has 0 bridgehead atoms. The van der Waals surface area contributed by atoms with Crippen molar-refractivity contribution in [2.24, 2.45) is 0 Å². The topological polar surface area (TPSA) is 97.8 Å². The molecule has 0 aliphatic carbocycles. The number of esters is 2. The third kappa shape index (κ3) is 7.11. The van der Waals surface area contributed by atoms with E-state index >= 15 is 0 Å². The molecule has 0 saturated heterocycles. The Hall–Kier alpha value is -2.78. The smallest absolute Gasteiger partial charge is 0.397 e. The summed E-state index contributed by atoms with van der Waals surface area (Å²) in [7, 11) is 0. The molecule has 0 unspecified atom stereocenters. The molecule has 2 aromatic heterocycles. The first-order valence-electron chi connectivity index (χ1n) is 11.4. The zero-order valence-corrected chi connectivity index (χ0v) is 21.5. The molecule has 34 heavy (non-hydrogen) atoms. The monoisotopic (exact) mass is 487 g/mol. The van der Waals surface area contributed by atoms with Gasteiger partial charge in [-0.3, -0.25) is 14.7 Å². The molecule has 0 spiro atoms. The van der Waals surface area contributed by atoms with Gasteiger partial charge in [0.1, 0.15) is 16.2 Å². The van der Waals surface area contributed by atoms with E-state index < -0.39 is 29.0 Å². The SMILES string of the molecule is CC(C)(C)OC(=O)C(=O)Nc1sc2c(c1C(=O)OC(C)(C)C)CCN(CCc1ccncc1)C2. The van der Waals surface area contributed by atoms with Crippen molar-refractivity contribution in [3.8, 4) is 0 Å². The Kier molecular flexibility index (Phi) is 7.77. The molecule has 1 N–H and O–H groups in total. The van der Waals surface area contributed by atoms with Crippen LogP contribution in [0.4, 0.5) is 5.00 Å². The summed E-state index contributed by atoms with van der Waals surface area (Å²) in [5.41, 5.74) is 0.932. The van der Waals surface area contributed by atoms with Gasteiger partial charge < -0.3 is 14.8 Å². The van der Waals surface area contributed by atoms with Crippen LogP contribution in [0.2, 0.25) is 0 Å². The highest BCUT2D eigenvalue weighted by Gasteiger charge is 2.33. The number of anilines is 1. The lowest BCUT2D eigenvalue weighted by molar-refractivity contribution is -0.161. The van der Waals surface area contributed by atoms with Crippen LogP contribution in [0.5, 0.6) is 0 Å². The van der Waals surface area contributed by atoms with Crippen molar-refractivity contribution in [1.82, 2.24) is 9.88 Å². The fourth-order valence-corrected chi connectivity index (χ4v) is 4.87. The highest BCUT2D eigenvalue weighted by atomic mass is 32.1. The van der Waals surface area contributed by atoms with Crippen LogP contribution < -0.4 is 5.32 Å². The summed E-state index contributed by atoms with van der Waals surface area (Å²) in [6.07, 6.45) is 5.12. The molecule has 8 nitrogen and oxygen atoms in total. The van der Waals surface area contributed by atoms with Crippen LogP contribution in [0.15, 0.2) is 24.5 Å². The highest BCUT2D eigenvalue weighted by Crippen LogP contribution is 2.38. The Bertz CT molecular complexity index is 1050. The Labute approximate surface area is 204 Å². The van der Waals surface area contributed by atoms with Crippen LogP contribution in [-0.2, 0) is 38.4 Å². The first-order chi connectivity index (χ1) is 15.8. The molecule has 0 saturated carbocycles. The number of aromatic nitrogens is 1. The fourth-order valence-electron chi connectivity index (χ4n) is 3.60. The minimum Gasteiger partial charge on any atom is -0.456 e. The van der Waals surface area contributed by atoms with Crippen LogP contribution in [0.3, 0.4) is 0 Å². The van der Waals surface area contributed by atoms with Gasteiger partial charge in [-0.1, -0.05) is 0 Å². The van der Waals surface area contributed by atoms with Gasteiger partial charge in [0.2, 0.25) is 0 Å². The Morgan fingerprint density at radius 2 is 1.71 bits per heavy atom. The van der Waals surface area contributed by atoms with E-state index in [1.165, 1.54) is 16.9 Å². The number of pyridine rings is 1. The number of nitrogens with one attached hydrogen (secondary N) is 1. The maximum absolute atomic E-state index is 13.1. The largest absolute Gasteiger partial charge is 0.456 e. The summed E-state index contributed by atoms with van der Waals surface area (Å²) in [6.45, 7) is 12.8. The van der Waals surface area contributed by atoms with Crippen molar-refractivity contribution in [3.63, 3.8) is 0 Å². The lowest BCUT2D eigenvalue weighted by atomic mass is 10.0. The second-order valence-electron chi connectivity index (χ2n) is 10.3. The van der Waals surface area contributed by atoms with Gasteiger partial charge in [0.15, 0.2) is 0 Å². The van der Waals surface area contributed by atoms with Crippen LogP contribution in [0, 0.1) is 0 Å². The van der Waals surface area contributed by atoms with Crippen LogP contribution in [0.25, 0.3) is 0 Å². The maximum Gasteiger partial charge on any atom is 0.397 e. The van der Waals surface area contributed by atoms with Crippen molar-refractivity contribution in [2.75, 3.05) is 18.4 Å². The lowest BCUT2D eigenvalue weighted by Crippen LogP contribution is -2.33. The van der Waals surface area contributed by atoms with Crippen LogP contribution in [-0.4, -0.2) is 52.0 Å². The Morgan fingerprint density at radius 3 is 2.32 bits per heavy atom. The first-order valence-corrected chi connectivity index (χ1v) is 12.2. The molecule has 9 heteroatoms. The van der Waals surface area contributed by atoms with Crippen molar-refractivity contribution in [3.05, 3.63) is 46.1 Å². The van der Waals surface area contributed by atoms with E-state index in [-0.39, 0.29) is 0 Å². The van der Waals surface area contributed by atoms with E-state index in [0.29, 0.717) is 23.5 Å². The lowest BCUT2D eigenvalue weighted by Gasteiger charge is -2.27. The van der Waals surface area contributed by atoms with E-state index in [1.807, 2.05) is 12.1 Å². The highest BCUT2D eigenvalue weighted by molar-refractivity contribution is 7.17. The summed E-state index contributed by atoms with van der Waals surface area (Å²) in [5, 5.41) is 2.93. The van der Waals surface area contributed by atoms with Crippen molar-refractivity contribution in [1.29, 1.82) is 0 Å². The number of carbonyl (C=O) groups is 3. The summed E-state index contributed by atoms with van der Waals surface area (Å²) in [5.74, 6) is -2.41. The first kappa shape index (κ1) is 25.8. The maximum atomic E-state index is 13.1. The third-order valence-electron chi connectivity index (χ3n) is 5.02. The van der Waals surface area contributed by atoms with E-state index in [4.69, 9.17) is 9.47 Å². The molecular formula is C25H33N3O5S. The number of carbonyl (C=O) groups excluding carboxylic acids is 3. The number of fused-ring (bicyclic) bond motifs is 1. The van der Waals surface area contributed by atoms with Gasteiger partial charge >= 0.3 is 17.8 Å². The molecule has 0 aromatic carbocycles. The summed E-state index contributed by atoms with van der Waals surface area (Å²) in [6, 6.07) is 4.01. The average Bonchev–Trinajstić information content (AvgIpc) is 3.07. The zero-order chi connectivity index (χ0) is 25.1. The number of rotatable bonds is 5. The normalized spacial score (nSPS) is 14.3. The third-order valence-corrected chi connectivity index (χ3v) is 6.15. The summed E-state index contributed by atoms with van der Waals surface area (Å²) >= 11 is 1.31. The number of hydrogen-bond donors (Lipinski definition) is 1. The van der Waals surface area contributed by atoms with Crippen LogP contribution >= 0.6 is 11.3 Å². The van der Waals surface area contributed by atoms with Crippen molar-refractivity contribution in [2.45, 2.75) is 72.1 Å². The van der Waals surface area contributed by atoms with Gasteiger partial charge in [-0.15, -0.1) is 11.3 Å². The molecule has 1 aliphatic heterocycles. The molecule has 1 aliphatic rings.